The highest BCUT2D eigenvalue weighted by Gasteiger charge is 2.71. The largest absolute Gasteiger partial charge is 0.426 e. The summed E-state index contributed by atoms with van der Waals surface area (Å²) in [4.78, 5) is 0. The molecule has 0 bridgehead atoms. The van der Waals surface area contributed by atoms with Crippen molar-refractivity contribution in [3.8, 4) is 0 Å². The highest BCUT2D eigenvalue weighted by Crippen LogP contribution is 2.48. The first-order chi connectivity index (χ1) is 10.8. The molecule has 0 saturated carbocycles. The molecule has 0 atom stereocenters. The molecule has 0 unspecified atom stereocenters. The van der Waals surface area contributed by atoms with Crippen LogP contribution in [0.25, 0.3) is 0 Å². The molecule has 0 aromatic carbocycles. The molecule has 1 saturated heterocycles. The number of aliphatic hydroxyl groups is 1. The van der Waals surface area contributed by atoms with Gasteiger partial charge in [0.15, 0.2) is 12.6 Å². The molecule has 1 heterocycles. The van der Waals surface area contributed by atoms with Crippen LogP contribution in [-0.4, -0.2) is 48.0 Å². The minimum atomic E-state index is -6.25. The molecule has 15 heteroatoms. The van der Waals surface area contributed by atoms with Crippen molar-refractivity contribution < 1.29 is 67.3 Å². The summed E-state index contributed by atoms with van der Waals surface area (Å²) >= 11 is 0. The number of hydrogen-bond donors (Lipinski definition) is 1. The molecule has 0 spiro atoms. The Morgan fingerprint density at radius 2 is 1.12 bits per heavy atom. The Kier molecular flexibility index (Phi) is 5.40. The van der Waals surface area contributed by atoms with Gasteiger partial charge >= 0.3 is 24.7 Å². The van der Waals surface area contributed by atoms with Gasteiger partial charge in [0.1, 0.15) is 5.57 Å². The number of allylic oxidation sites excluding steroid dienone is 1. The molecule has 1 rings (SSSR count). The summed E-state index contributed by atoms with van der Waals surface area (Å²) in [6.07, 6.45) is -32.4. The summed E-state index contributed by atoms with van der Waals surface area (Å²) < 4.78 is 155. The van der Waals surface area contributed by atoms with Crippen LogP contribution in [0.1, 0.15) is 6.42 Å². The van der Waals surface area contributed by atoms with Gasteiger partial charge in [-0.25, -0.2) is 0 Å². The van der Waals surface area contributed by atoms with E-state index in [0.29, 0.717) is 0 Å². The molecule has 0 amide bonds. The third kappa shape index (κ3) is 4.69. The minimum absolute atomic E-state index is 0.698. The van der Waals surface area contributed by atoms with Gasteiger partial charge in [0, 0.05) is 6.42 Å². The Labute approximate surface area is 129 Å². The molecule has 1 aliphatic heterocycles. The van der Waals surface area contributed by atoms with Crippen molar-refractivity contribution in [3.63, 3.8) is 0 Å². The molecule has 0 radical (unpaired) electrons. The molecule has 1 aliphatic rings. The van der Waals surface area contributed by atoms with Crippen LogP contribution >= 0.6 is 0 Å². The molecule has 1 N–H and O–H groups in total. The van der Waals surface area contributed by atoms with Gasteiger partial charge in [-0.1, -0.05) is 0 Å². The summed E-state index contributed by atoms with van der Waals surface area (Å²) in [7, 11) is 0. The maximum absolute atomic E-state index is 12.4. The lowest BCUT2D eigenvalue weighted by atomic mass is 9.97. The molecular formula is C10H6F12O3. The fraction of sp³-hybridized carbons (Fsp3) is 0.800. The van der Waals surface area contributed by atoms with Crippen LogP contribution in [0.4, 0.5) is 52.7 Å². The van der Waals surface area contributed by atoms with Crippen LogP contribution in [0.3, 0.4) is 0 Å². The number of rotatable bonds is 3. The van der Waals surface area contributed by atoms with E-state index in [1.54, 1.807) is 0 Å². The number of halogens is 12. The molecule has 148 valence electrons. The lowest BCUT2D eigenvalue weighted by molar-refractivity contribution is -0.421. The van der Waals surface area contributed by atoms with Crippen molar-refractivity contribution in [1.29, 1.82) is 0 Å². The van der Waals surface area contributed by atoms with E-state index in [0.717, 1.165) is 0 Å². The summed E-state index contributed by atoms with van der Waals surface area (Å²) in [5, 5.41) is 8.76. The Hall–Kier alpha value is -1.22. The standard InChI is InChI=1S/C10H6F12O3/c11-7(12,13)3(8(14,15)16)1-4-24-5(25-4)2-6(23,9(17,18)19)10(20,21)22/h1,4-5,23H,2H2. The van der Waals surface area contributed by atoms with Gasteiger partial charge in [0.25, 0.3) is 5.60 Å². The second kappa shape index (κ2) is 6.19. The predicted octanol–water partition coefficient (Wildman–Crippen LogP) is 3.98. The average molecular weight is 402 g/mol. The SMILES string of the molecule is OC(CC1OC(C=C(C(F)(F)F)C(F)(F)F)O1)(C(F)(F)F)C(F)(F)F. The summed E-state index contributed by atoms with van der Waals surface area (Å²) in [6, 6.07) is 0. The number of alkyl halides is 12. The fourth-order valence-electron chi connectivity index (χ4n) is 1.60. The molecule has 0 aromatic rings. The van der Waals surface area contributed by atoms with Crippen LogP contribution in [0, 0.1) is 0 Å². The second-order valence-electron chi connectivity index (χ2n) is 4.71. The second-order valence-corrected chi connectivity index (χ2v) is 4.71. The Morgan fingerprint density at radius 3 is 1.40 bits per heavy atom. The molecule has 3 nitrogen and oxygen atoms in total. The average Bonchev–Trinajstić information content (AvgIpc) is 2.24. The third-order valence-corrected chi connectivity index (χ3v) is 2.89. The normalized spacial score (nSPS) is 23.2. The van der Waals surface area contributed by atoms with Crippen molar-refractivity contribution in [2.24, 2.45) is 0 Å². The van der Waals surface area contributed by atoms with E-state index >= 15 is 0 Å². The molecule has 25 heavy (non-hydrogen) atoms. The van der Waals surface area contributed by atoms with Crippen LogP contribution in [-0.2, 0) is 9.47 Å². The minimum Gasteiger partial charge on any atom is -0.373 e. The molecular weight excluding hydrogens is 396 g/mol. The quantitative estimate of drug-likeness (QED) is 0.574. The Morgan fingerprint density at radius 1 is 0.760 bits per heavy atom. The van der Waals surface area contributed by atoms with E-state index in [-0.39, 0.29) is 0 Å². The highest BCUT2D eigenvalue weighted by atomic mass is 19.4. The zero-order valence-electron chi connectivity index (χ0n) is 11.2. The number of ether oxygens (including phenoxy) is 2. The van der Waals surface area contributed by atoms with Crippen molar-refractivity contribution in [1.82, 2.24) is 0 Å². The van der Waals surface area contributed by atoms with Crippen LogP contribution in [0.5, 0.6) is 0 Å². The molecule has 1 fully saturated rings. The first-order valence-electron chi connectivity index (χ1n) is 5.82. The third-order valence-electron chi connectivity index (χ3n) is 2.89. The Bertz CT molecular complexity index is 475. The summed E-state index contributed by atoms with van der Waals surface area (Å²) in [6.45, 7) is 0. The van der Waals surface area contributed by atoms with Gasteiger partial charge in [-0.3, -0.25) is 0 Å². The van der Waals surface area contributed by atoms with Crippen molar-refractivity contribution in [2.75, 3.05) is 0 Å². The molecule has 0 aliphatic carbocycles. The maximum Gasteiger partial charge on any atom is 0.426 e. The van der Waals surface area contributed by atoms with Gasteiger partial charge in [-0.15, -0.1) is 0 Å². The predicted molar refractivity (Wildman–Crippen MR) is 51.6 cm³/mol. The van der Waals surface area contributed by atoms with Crippen LogP contribution in [0.15, 0.2) is 11.6 Å². The van der Waals surface area contributed by atoms with Gasteiger partial charge in [0.2, 0.25) is 0 Å². The van der Waals surface area contributed by atoms with E-state index in [1.807, 2.05) is 0 Å². The van der Waals surface area contributed by atoms with E-state index in [9.17, 15) is 52.7 Å². The summed E-state index contributed by atoms with van der Waals surface area (Å²) in [5.41, 5.74) is -8.44. The van der Waals surface area contributed by atoms with Gasteiger partial charge in [-0.05, 0) is 6.08 Å². The number of hydrogen-bond acceptors (Lipinski definition) is 3. The van der Waals surface area contributed by atoms with Crippen molar-refractivity contribution in [3.05, 3.63) is 11.6 Å². The van der Waals surface area contributed by atoms with E-state index in [2.05, 4.69) is 9.47 Å². The lowest BCUT2D eigenvalue weighted by Crippen LogP contribution is -2.60. The van der Waals surface area contributed by atoms with Crippen molar-refractivity contribution >= 4 is 0 Å². The molecule has 0 aromatic heterocycles. The fourth-order valence-corrected chi connectivity index (χ4v) is 1.60. The van der Waals surface area contributed by atoms with Crippen LogP contribution < -0.4 is 0 Å². The van der Waals surface area contributed by atoms with E-state index < -0.39 is 61.0 Å². The van der Waals surface area contributed by atoms with Crippen LogP contribution in [0.2, 0.25) is 0 Å². The Balaban J connectivity index is 2.88. The topological polar surface area (TPSA) is 38.7 Å². The van der Waals surface area contributed by atoms with E-state index in [1.165, 1.54) is 0 Å². The smallest absolute Gasteiger partial charge is 0.373 e. The maximum atomic E-state index is 12.4. The van der Waals surface area contributed by atoms with Gasteiger partial charge in [-0.2, -0.15) is 52.7 Å². The summed E-state index contributed by atoms with van der Waals surface area (Å²) in [5.74, 6) is 0. The first-order valence-corrected chi connectivity index (χ1v) is 5.82. The zero-order valence-corrected chi connectivity index (χ0v) is 11.2. The zero-order chi connectivity index (χ0) is 20.1. The highest BCUT2D eigenvalue weighted by molar-refractivity contribution is 5.17. The van der Waals surface area contributed by atoms with E-state index in [4.69, 9.17) is 5.11 Å². The van der Waals surface area contributed by atoms with Crippen molar-refractivity contribution in [2.45, 2.75) is 49.3 Å². The monoisotopic (exact) mass is 402 g/mol. The van der Waals surface area contributed by atoms with Gasteiger partial charge in [0.05, 0.1) is 0 Å². The lowest BCUT2D eigenvalue weighted by Gasteiger charge is -2.40. The van der Waals surface area contributed by atoms with Gasteiger partial charge < -0.3 is 14.6 Å². The first kappa shape index (κ1) is 21.8.